The number of ether oxygens (including phenoxy) is 2. The molecule has 0 saturated heterocycles. The van der Waals surface area contributed by atoms with Crippen molar-refractivity contribution in [3.8, 4) is 0 Å². The molecule has 13 heteroatoms. The summed E-state index contributed by atoms with van der Waals surface area (Å²) in [6, 6.07) is 0. The maximum absolute atomic E-state index is 12.7. The van der Waals surface area contributed by atoms with Crippen LogP contribution < -0.4 is 0 Å². The molecule has 0 heterocycles. The molecule has 1 aliphatic carbocycles. The molecule has 286 valence electrons. The Hall–Kier alpha value is -0.660. The van der Waals surface area contributed by atoms with E-state index >= 15 is 0 Å². The third-order valence-electron chi connectivity index (χ3n) is 8.98. The smallest absolute Gasteiger partial charge is 0.457 e. The molecular formula is C35H69O12P. The highest BCUT2D eigenvalue weighted by Gasteiger charge is 2.51. The van der Waals surface area contributed by atoms with E-state index in [-0.39, 0.29) is 13.0 Å². The summed E-state index contributed by atoms with van der Waals surface area (Å²) in [6.07, 6.45) is 11.9. The number of hydrogen-bond donors (Lipinski definition) is 6. The number of aliphatic hydroxyl groups excluding tert-OH is 5. The molecule has 0 aromatic rings. The molecular weight excluding hydrogens is 643 g/mol. The molecule has 0 aliphatic heterocycles. The summed E-state index contributed by atoms with van der Waals surface area (Å²) in [7, 11) is -4.99. The van der Waals surface area contributed by atoms with Gasteiger partial charge in [-0.15, -0.1) is 0 Å². The van der Waals surface area contributed by atoms with E-state index in [0.717, 1.165) is 38.5 Å². The minimum Gasteiger partial charge on any atom is -0.457 e. The maximum Gasteiger partial charge on any atom is 0.472 e. The zero-order valence-corrected chi connectivity index (χ0v) is 30.7. The van der Waals surface area contributed by atoms with Gasteiger partial charge in [-0.3, -0.25) is 13.8 Å². The minimum atomic E-state index is -4.99. The van der Waals surface area contributed by atoms with E-state index in [1.807, 2.05) is 0 Å². The fourth-order valence-electron chi connectivity index (χ4n) is 5.88. The molecule has 0 aromatic carbocycles. The van der Waals surface area contributed by atoms with Gasteiger partial charge in [0.1, 0.15) is 42.7 Å². The zero-order valence-electron chi connectivity index (χ0n) is 29.8. The van der Waals surface area contributed by atoms with Crippen molar-refractivity contribution in [3.63, 3.8) is 0 Å². The van der Waals surface area contributed by atoms with Crippen molar-refractivity contribution in [2.24, 2.45) is 0 Å². The Morgan fingerprint density at radius 2 is 0.979 bits per heavy atom. The predicted molar refractivity (Wildman–Crippen MR) is 184 cm³/mol. The lowest BCUT2D eigenvalue weighted by Gasteiger charge is -2.41. The van der Waals surface area contributed by atoms with Crippen molar-refractivity contribution in [1.29, 1.82) is 0 Å². The van der Waals surface area contributed by atoms with Crippen molar-refractivity contribution in [2.75, 3.05) is 19.8 Å². The van der Waals surface area contributed by atoms with Gasteiger partial charge in [0.05, 0.1) is 13.2 Å². The first-order valence-corrected chi connectivity index (χ1v) is 20.4. The molecule has 6 unspecified atom stereocenters. The highest BCUT2D eigenvalue weighted by Crippen LogP contribution is 2.47. The lowest BCUT2D eigenvalue weighted by molar-refractivity contribution is -0.220. The molecule has 0 amide bonds. The predicted octanol–water partition coefficient (Wildman–Crippen LogP) is 5.86. The lowest BCUT2D eigenvalue weighted by Crippen LogP contribution is -2.64. The second-order valence-electron chi connectivity index (χ2n) is 13.4. The fraction of sp³-hybridized carbons (Fsp3) is 0.971. The van der Waals surface area contributed by atoms with Crippen LogP contribution in [0.5, 0.6) is 0 Å². The number of carbonyl (C=O) groups is 1. The third kappa shape index (κ3) is 20.9. The first kappa shape index (κ1) is 45.4. The van der Waals surface area contributed by atoms with E-state index in [2.05, 4.69) is 13.8 Å². The molecule has 0 spiro atoms. The van der Waals surface area contributed by atoms with Gasteiger partial charge in [0.2, 0.25) is 0 Å². The number of carbonyl (C=O) groups excluding carboxylic acids is 1. The van der Waals surface area contributed by atoms with Crippen LogP contribution in [0.15, 0.2) is 0 Å². The minimum absolute atomic E-state index is 0.0696. The van der Waals surface area contributed by atoms with Crippen LogP contribution in [0.25, 0.3) is 0 Å². The Morgan fingerprint density at radius 1 is 0.583 bits per heavy atom. The van der Waals surface area contributed by atoms with Crippen LogP contribution in [-0.4, -0.2) is 98.9 Å². The number of hydrogen-bond acceptors (Lipinski definition) is 11. The van der Waals surface area contributed by atoms with E-state index in [1.54, 1.807) is 0 Å². The molecule has 12 nitrogen and oxygen atoms in total. The van der Waals surface area contributed by atoms with Crippen LogP contribution in [0, 0.1) is 0 Å². The average Bonchev–Trinajstić information content (AvgIpc) is 3.06. The van der Waals surface area contributed by atoms with Crippen molar-refractivity contribution in [1.82, 2.24) is 0 Å². The average molecular weight is 713 g/mol. The molecule has 1 rings (SSSR count). The van der Waals surface area contributed by atoms with Crippen LogP contribution in [-0.2, 0) is 27.9 Å². The summed E-state index contributed by atoms with van der Waals surface area (Å²) < 4.78 is 33.9. The van der Waals surface area contributed by atoms with Crippen molar-refractivity contribution in [3.05, 3.63) is 0 Å². The van der Waals surface area contributed by atoms with Crippen LogP contribution in [0.3, 0.4) is 0 Å². The summed E-state index contributed by atoms with van der Waals surface area (Å²) in [4.78, 5) is 22.9. The third-order valence-corrected chi connectivity index (χ3v) is 9.97. The number of aliphatic hydroxyl groups is 5. The van der Waals surface area contributed by atoms with E-state index in [1.165, 1.54) is 89.9 Å². The Morgan fingerprint density at radius 3 is 1.44 bits per heavy atom. The summed E-state index contributed by atoms with van der Waals surface area (Å²) in [6.45, 7) is 4.21. The Balaban J connectivity index is 2.49. The van der Waals surface area contributed by atoms with E-state index in [4.69, 9.17) is 18.5 Å². The van der Waals surface area contributed by atoms with Crippen LogP contribution in [0.2, 0.25) is 0 Å². The van der Waals surface area contributed by atoms with E-state index in [9.17, 15) is 39.8 Å². The first-order valence-electron chi connectivity index (χ1n) is 18.9. The molecule has 6 N–H and O–H groups in total. The van der Waals surface area contributed by atoms with Gasteiger partial charge in [0.25, 0.3) is 0 Å². The first-order chi connectivity index (χ1) is 23.0. The van der Waals surface area contributed by atoms with Gasteiger partial charge in [-0.1, -0.05) is 136 Å². The van der Waals surface area contributed by atoms with E-state index < -0.39 is 63.1 Å². The standard InChI is InChI=1S/C35H69O12P/c1-3-5-7-9-11-13-15-17-19-21-23-25-44-26-28(46-29(36)24-22-20-18-16-14-12-10-8-6-4-2)27-45-48(42,43)47-35-33(40)31(38)30(37)32(39)34(35)41/h28,30-35,37-41H,3-27H2,1-2H3,(H,42,43). The van der Waals surface area contributed by atoms with Gasteiger partial charge < -0.3 is 39.9 Å². The highest BCUT2D eigenvalue weighted by molar-refractivity contribution is 7.47. The molecule has 1 saturated carbocycles. The number of phosphoric acid groups is 1. The topological polar surface area (TPSA) is 192 Å². The summed E-state index contributed by atoms with van der Waals surface area (Å²) >= 11 is 0. The second kappa shape index (κ2) is 28.0. The molecule has 0 aromatic heterocycles. The SMILES string of the molecule is CCCCCCCCCCCCCOCC(COP(=O)(O)OC1C(O)C(O)C(O)C(O)C1O)OC(=O)CCCCCCCCCCCC. The number of phosphoric ester groups is 1. The van der Waals surface area contributed by atoms with Crippen LogP contribution >= 0.6 is 7.82 Å². The summed E-state index contributed by atoms with van der Waals surface area (Å²) in [5.41, 5.74) is 0. The highest BCUT2D eigenvalue weighted by atomic mass is 31.2. The van der Waals surface area contributed by atoms with Crippen molar-refractivity contribution >= 4 is 13.8 Å². The Bertz CT molecular complexity index is 817. The Labute approximate surface area is 289 Å². The zero-order chi connectivity index (χ0) is 35.6. The van der Waals surface area contributed by atoms with Gasteiger partial charge in [-0.2, -0.15) is 0 Å². The van der Waals surface area contributed by atoms with Gasteiger partial charge >= 0.3 is 13.8 Å². The molecule has 1 fully saturated rings. The quantitative estimate of drug-likeness (QED) is 0.0286. The molecule has 6 atom stereocenters. The van der Waals surface area contributed by atoms with Crippen LogP contribution in [0.4, 0.5) is 0 Å². The second-order valence-corrected chi connectivity index (χ2v) is 14.8. The number of esters is 1. The summed E-state index contributed by atoms with van der Waals surface area (Å²) in [5.74, 6) is -0.478. The molecule has 48 heavy (non-hydrogen) atoms. The van der Waals surface area contributed by atoms with E-state index in [0.29, 0.717) is 13.0 Å². The van der Waals surface area contributed by atoms with Gasteiger partial charge in [-0.25, -0.2) is 4.57 Å². The molecule has 0 bridgehead atoms. The number of unbranched alkanes of at least 4 members (excludes halogenated alkanes) is 19. The number of rotatable bonds is 31. The van der Waals surface area contributed by atoms with Crippen molar-refractivity contribution in [2.45, 2.75) is 198 Å². The monoisotopic (exact) mass is 712 g/mol. The Kier molecular flexibility index (Phi) is 26.5. The van der Waals surface area contributed by atoms with Gasteiger partial charge in [0, 0.05) is 13.0 Å². The maximum atomic E-state index is 12.7. The van der Waals surface area contributed by atoms with Crippen LogP contribution in [0.1, 0.15) is 155 Å². The fourth-order valence-corrected chi connectivity index (χ4v) is 6.86. The largest absolute Gasteiger partial charge is 0.472 e. The molecule has 0 radical (unpaired) electrons. The normalized spacial score (nSPS) is 24.8. The lowest BCUT2D eigenvalue weighted by atomic mass is 9.85. The van der Waals surface area contributed by atoms with Crippen molar-refractivity contribution < 1.29 is 58.3 Å². The van der Waals surface area contributed by atoms with Gasteiger partial charge in [0.15, 0.2) is 0 Å². The summed E-state index contributed by atoms with van der Waals surface area (Å²) in [5, 5.41) is 49.8. The van der Waals surface area contributed by atoms with Gasteiger partial charge in [-0.05, 0) is 12.8 Å². The molecule has 1 aliphatic rings.